The molecule has 0 aliphatic carbocycles. The van der Waals surface area contributed by atoms with Gasteiger partial charge in [0.1, 0.15) is 5.75 Å². The molecule has 10 nitrogen and oxygen atoms in total. The molecule has 1 unspecified atom stereocenters. The zero-order chi connectivity index (χ0) is 30.9. The highest BCUT2D eigenvalue weighted by molar-refractivity contribution is 7.89. The van der Waals surface area contributed by atoms with Crippen LogP contribution >= 0.6 is 0 Å². The Morgan fingerprint density at radius 2 is 1.34 bits per heavy atom. The van der Waals surface area contributed by atoms with Crippen LogP contribution in [-0.4, -0.2) is 91.2 Å². The summed E-state index contributed by atoms with van der Waals surface area (Å²) in [6.45, 7) is 1.86. The predicted molar refractivity (Wildman–Crippen MR) is 169 cm³/mol. The molecule has 3 aromatic carbocycles. The fourth-order valence-corrected chi connectivity index (χ4v) is 8.98. The summed E-state index contributed by atoms with van der Waals surface area (Å²) in [6.07, 6.45) is 6.88. The minimum absolute atomic E-state index is 0.135. The molecule has 5 aromatic rings. The van der Waals surface area contributed by atoms with Crippen LogP contribution in [0.25, 0.3) is 21.5 Å². The van der Waals surface area contributed by atoms with Crippen molar-refractivity contribution in [2.45, 2.75) is 22.3 Å². The van der Waals surface area contributed by atoms with Gasteiger partial charge < -0.3 is 5.11 Å². The number of piperazine rings is 1. The lowest BCUT2D eigenvalue weighted by molar-refractivity contribution is 0.156. The third-order valence-corrected chi connectivity index (χ3v) is 12.2. The van der Waals surface area contributed by atoms with Gasteiger partial charge in [-0.2, -0.15) is 8.61 Å². The number of hydrogen-bond donors (Lipinski definition) is 1. The fourth-order valence-electron chi connectivity index (χ4n) is 5.79. The van der Waals surface area contributed by atoms with Gasteiger partial charge in [-0.1, -0.05) is 36.4 Å². The van der Waals surface area contributed by atoms with Crippen LogP contribution in [0.1, 0.15) is 5.56 Å². The van der Waals surface area contributed by atoms with Crippen LogP contribution in [0.4, 0.5) is 0 Å². The summed E-state index contributed by atoms with van der Waals surface area (Å²) in [4.78, 5) is 10.8. The number of pyridine rings is 2. The first-order valence-electron chi connectivity index (χ1n) is 14.3. The van der Waals surface area contributed by atoms with Crippen molar-refractivity contribution in [1.82, 2.24) is 23.5 Å². The van der Waals surface area contributed by atoms with Crippen molar-refractivity contribution in [2.24, 2.45) is 0 Å². The molecule has 0 saturated carbocycles. The molecule has 12 heteroatoms. The van der Waals surface area contributed by atoms with Crippen LogP contribution in [0.5, 0.6) is 5.75 Å². The Hall–Kier alpha value is -3.94. The molecular formula is C32H33N5O5S2. The number of rotatable bonds is 9. The minimum Gasteiger partial charge on any atom is -0.508 e. The Morgan fingerprint density at radius 1 is 0.773 bits per heavy atom. The molecule has 228 valence electrons. The molecule has 6 rings (SSSR count). The summed E-state index contributed by atoms with van der Waals surface area (Å²) in [6, 6.07) is 20.1. The highest BCUT2D eigenvalue weighted by Gasteiger charge is 2.34. The van der Waals surface area contributed by atoms with Crippen LogP contribution in [0, 0.1) is 0 Å². The Balaban J connectivity index is 1.24. The van der Waals surface area contributed by atoms with Crippen LogP contribution in [0.2, 0.25) is 0 Å². The van der Waals surface area contributed by atoms with E-state index in [0.717, 1.165) is 16.3 Å². The maximum atomic E-state index is 14.1. The average molecular weight is 632 g/mol. The molecule has 0 radical (unpaired) electrons. The van der Waals surface area contributed by atoms with Crippen molar-refractivity contribution in [3.05, 3.63) is 103 Å². The fraction of sp³-hybridized carbons (Fsp3) is 0.250. The molecular weight excluding hydrogens is 599 g/mol. The number of aromatic hydroxyl groups is 1. The zero-order valence-corrected chi connectivity index (χ0v) is 25.8. The quantitative estimate of drug-likeness (QED) is 0.261. The van der Waals surface area contributed by atoms with Gasteiger partial charge in [-0.25, -0.2) is 16.8 Å². The lowest BCUT2D eigenvalue weighted by Crippen LogP contribution is -2.53. The SMILES string of the molecule is CN(C(Cc1ccc(O)cc1)CN1CCN(S(=O)(=O)c2cccc3cnccc23)CC1)S(=O)(=O)c1cccc2cnccc12. The standard InChI is InChI=1S/C32H33N5O5S2/c1-35(43(39,40)31-6-2-4-25-21-33-14-12-29(25)31)27(20-24-8-10-28(38)11-9-24)23-36-16-18-37(19-17-36)44(41,42)32-7-3-5-26-22-34-15-13-30(26)32/h2-15,21-22,27,38H,16-20,23H2,1H3. The number of phenolic OH excluding ortho intramolecular Hbond substituents is 1. The van der Waals surface area contributed by atoms with E-state index in [1.807, 2.05) is 12.1 Å². The second kappa shape index (κ2) is 12.2. The van der Waals surface area contributed by atoms with Crippen LogP contribution < -0.4 is 0 Å². The third kappa shape index (κ3) is 5.91. The number of phenols is 1. The van der Waals surface area contributed by atoms with Crippen molar-refractivity contribution < 1.29 is 21.9 Å². The number of sulfonamides is 2. The summed E-state index contributed by atoms with van der Waals surface area (Å²) in [5, 5.41) is 12.5. The average Bonchev–Trinajstić information content (AvgIpc) is 3.04. The Labute approximate surface area is 257 Å². The van der Waals surface area contributed by atoms with Crippen molar-refractivity contribution in [2.75, 3.05) is 39.8 Å². The van der Waals surface area contributed by atoms with Gasteiger partial charge in [0.15, 0.2) is 0 Å². The van der Waals surface area contributed by atoms with E-state index in [9.17, 15) is 21.9 Å². The number of benzene rings is 3. The van der Waals surface area contributed by atoms with Crippen molar-refractivity contribution >= 4 is 41.6 Å². The van der Waals surface area contributed by atoms with Gasteiger partial charge in [0.05, 0.1) is 9.79 Å². The molecule has 0 spiro atoms. The van der Waals surface area contributed by atoms with Gasteiger partial charge in [-0.3, -0.25) is 14.9 Å². The van der Waals surface area contributed by atoms with Crippen LogP contribution in [0.3, 0.4) is 0 Å². The second-order valence-electron chi connectivity index (χ2n) is 11.0. The van der Waals surface area contributed by atoms with E-state index < -0.39 is 26.1 Å². The Morgan fingerprint density at radius 3 is 1.95 bits per heavy atom. The molecule has 0 bridgehead atoms. The minimum atomic E-state index is -3.92. The van der Waals surface area contributed by atoms with E-state index in [4.69, 9.17) is 0 Å². The third-order valence-electron chi connectivity index (χ3n) is 8.28. The molecule has 1 N–H and O–H groups in total. The molecule has 3 heterocycles. The van der Waals surface area contributed by atoms with Gasteiger partial charge >= 0.3 is 0 Å². The zero-order valence-electron chi connectivity index (χ0n) is 24.2. The van der Waals surface area contributed by atoms with E-state index in [2.05, 4.69) is 14.9 Å². The van der Waals surface area contributed by atoms with Crippen molar-refractivity contribution in [3.8, 4) is 5.75 Å². The number of likely N-dealkylation sites (N-methyl/N-ethyl adjacent to an activating group) is 1. The van der Waals surface area contributed by atoms with Crippen molar-refractivity contribution in [3.63, 3.8) is 0 Å². The first-order valence-corrected chi connectivity index (χ1v) is 17.2. The second-order valence-corrected chi connectivity index (χ2v) is 14.8. The highest BCUT2D eigenvalue weighted by atomic mass is 32.2. The molecule has 2 aromatic heterocycles. The first kappa shape index (κ1) is 30.1. The van der Waals surface area contributed by atoms with Gasteiger partial charge in [0.25, 0.3) is 0 Å². The maximum Gasteiger partial charge on any atom is 0.243 e. The Bertz CT molecular complexity index is 2000. The smallest absolute Gasteiger partial charge is 0.243 e. The van der Waals surface area contributed by atoms with Crippen LogP contribution in [-0.2, 0) is 26.5 Å². The summed E-state index contributed by atoms with van der Waals surface area (Å²) in [5.74, 6) is 0.135. The van der Waals surface area contributed by atoms with E-state index >= 15 is 0 Å². The molecule has 0 amide bonds. The molecule has 1 atom stereocenters. The molecule has 1 aliphatic heterocycles. The number of hydrogen-bond acceptors (Lipinski definition) is 8. The van der Waals surface area contributed by atoms with Gasteiger partial charge in [-0.15, -0.1) is 0 Å². The molecule has 44 heavy (non-hydrogen) atoms. The van der Waals surface area contributed by atoms with Crippen LogP contribution in [0.15, 0.2) is 107 Å². The van der Waals surface area contributed by atoms with E-state index in [0.29, 0.717) is 36.8 Å². The van der Waals surface area contributed by atoms with Gasteiger partial charge in [0.2, 0.25) is 20.0 Å². The van der Waals surface area contributed by atoms with E-state index in [1.165, 1.54) is 8.61 Å². The summed E-state index contributed by atoms with van der Waals surface area (Å²) < 4.78 is 58.4. The molecule has 1 fully saturated rings. The normalized spacial score (nSPS) is 16.0. The first-order chi connectivity index (χ1) is 21.1. The number of aromatic nitrogens is 2. The van der Waals surface area contributed by atoms with E-state index in [1.54, 1.807) is 92.5 Å². The predicted octanol–water partition coefficient (Wildman–Crippen LogP) is 3.73. The number of fused-ring (bicyclic) bond motifs is 2. The molecule has 1 aliphatic rings. The van der Waals surface area contributed by atoms with E-state index in [-0.39, 0.29) is 28.6 Å². The summed E-state index contributed by atoms with van der Waals surface area (Å²) >= 11 is 0. The lowest BCUT2D eigenvalue weighted by Gasteiger charge is -2.38. The van der Waals surface area contributed by atoms with Gasteiger partial charge in [-0.05, 0) is 48.4 Å². The Kier molecular flexibility index (Phi) is 8.36. The maximum absolute atomic E-state index is 14.1. The lowest BCUT2D eigenvalue weighted by atomic mass is 10.1. The number of nitrogens with zero attached hydrogens (tertiary/aromatic N) is 5. The monoisotopic (exact) mass is 631 g/mol. The van der Waals surface area contributed by atoms with Crippen molar-refractivity contribution in [1.29, 1.82) is 0 Å². The largest absolute Gasteiger partial charge is 0.508 e. The summed E-state index contributed by atoms with van der Waals surface area (Å²) in [7, 11) is -6.07. The topological polar surface area (TPSA) is 124 Å². The molecule has 1 saturated heterocycles. The van der Waals surface area contributed by atoms with Gasteiger partial charge in [0, 0.05) is 92.1 Å². The summed E-state index contributed by atoms with van der Waals surface area (Å²) in [5.41, 5.74) is 0.878. The highest BCUT2D eigenvalue weighted by Crippen LogP contribution is 2.29.